The van der Waals surface area contributed by atoms with E-state index in [2.05, 4.69) is 5.32 Å². The maximum Gasteiger partial charge on any atom is 0.301 e. The van der Waals surface area contributed by atoms with Gasteiger partial charge in [0.25, 0.3) is 0 Å². The standard InChI is InChI=1S/C14H10N4O5/c1-23-11-4-2-3-10(7-11)16-14-12(17(19)20)5-9(8-15)6-13(14)18(21)22/h2-7,16H,1H3. The van der Waals surface area contributed by atoms with E-state index in [1.54, 1.807) is 24.3 Å². The van der Waals surface area contributed by atoms with E-state index in [-0.39, 0.29) is 11.3 Å². The number of nitriles is 1. The smallest absolute Gasteiger partial charge is 0.301 e. The lowest BCUT2D eigenvalue weighted by molar-refractivity contribution is -0.392. The average Bonchev–Trinajstić information content (AvgIpc) is 2.54. The van der Waals surface area contributed by atoms with Crippen LogP contribution in [0.4, 0.5) is 22.7 Å². The summed E-state index contributed by atoms with van der Waals surface area (Å²) in [5.74, 6) is 0.481. The van der Waals surface area contributed by atoms with Gasteiger partial charge < -0.3 is 10.1 Å². The van der Waals surface area contributed by atoms with Gasteiger partial charge in [-0.3, -0.25) is 20.2 Å². The second-order valence-corrected chi connectivity index (χ2v) is 4.37. The molecule has 116 valence electrons. The van der Waals surface area contributed by atoms with Gasteiger partial charge in [0.05, 0.1) is 28.6 Å². The number of rotatable bonds is 5. The largest absolute Gasteiger partial charge is 0.497 e. The molecule has 0 spiro atoms. The van der Waals surface area contributed by atoms with Gasteiger partial charge in [-0.2, -0.15) is 5.26 Å². The van der Waals surface area contributed by atoms with Crippen LogP contribution in [0, 0.1) is 31.6 Å². The predicted molar refractivity (Wildman–Crippen MR) is 80.7 cm³/mol. The highest BCUT2D eigenvalue weighted by Gasteiger charge is 2.27. The van der Waals surface area contributed by atoms with Crippen molar-refractivity contribution in [2.45, 2.75) is 0 Å². The molecule has 0 bridgehead atoms. The Balaban J connectivity index is 2.61. The number of nitro benzene ring substituents is 2. The zero-order chi connectivity index (χ0) is 17.0. The van der Waals surface area contributed by atoms with Gasteiger partial charge in [-0.15, -0.1) is 0 Å². The number of methoxy groups -OCH3 is 1. The maximum absolute atomic E-state index is 11.2. The first-order chi connectivity index (χ1) is 11.0. The highest BCUT2D eigenvalue weighted by molar-refractivity contribution is 5.80. The molecule has 0 atom stereocenters. The van der Waals surface area contributed by atoms with Crippen molar-refractivity contribution in [1.29, 1.82) is 5.26 Å². The number of benzene rings is 2. The Kier molecular flexibility index (Phi) is 4.37. The van der Waals surface area contributed by atoms with Crippen molar-refractivity contribution in [3.05, 3.63) is 62.2 Å². The van der Waals surface area contributed by atoms with Gasteiger partial charge in [-0.05, 0) is 12.1 Å². The van der Waals surface area contributed by atoms with Crippen LogP contribution < -0.4 is 10.1 Å². The molecule has 0 aliphatic carbocycles. The van der Waals surface area contributed by atoms with Crippen molar-refractivity contribution in [3.63, 3.8) is 0 Å². The average molecular weight is 314 g/mol. The van der Waals surface area contributed by atoms with Gasteiger partial charge in [0.15, 0.2) is 5.69 Å². The van der Waals surface area contributed by atoms with Crippen LogP contribution in [0.1, 0.15) is 5.56 Å². The maximum atomic E-state index is 11.2. The van der Waals surface area contributed by atoms with E-state index in [4.69, 9.17) is 10.00 Å². The highest BCUT2D eigenvalue weighted by Crippen LogP contribution is 2.38. The zero-order valence-corrected chi connectivity index (χ0v) is 11.8. The van der Waals surface area contributed by atoms with Gasteiger partial charge in [-0.1, -0.05) is 6.07 Å². The number of hydrogen-bond donors (Lipinski definition) is 1. The van der Waals surface area contributed by atoms with Crippen LogP contribution in [-0.2, 0) is 0 Å². The monoisotopic (exact) mass is 314 g/mol. The molecule has 2 aromatic rings. The predicted octanol–water partition coefficient (Wildman–Crippen LogP) is 3.13. The molecule has 0 aliphatic rings. The molecular formula is C14H10N4O5. The van der Waals surface area contributed by atoms with Crippen molar-refractivity contribution >= 4 is 22.7 Å². The summed E-state index contributed by atoms with van der Waals surface area (Å²) >= 11 is 0. The fraction of sp³-hybridized carbons (Fsp3) is 0.0714. The van der Waals surface area contributed by atoms with E-state index in [9.17, 15) is 20.2 Å². The topological polar surface area (TPSA) is 131 Å². The molecule has 9 heteroatoms. The third-order valence-corrected chi connectivity index (χ3v) is 2.96. The van der Waals surface area contributed by atoms with Gasteiger partial charge in [0.1, 0.15) is 5.75 Å². The SMILES string of the molecule is COc1cccc(Nc2c([N+](=O)[O-])cc(C#N)cc2[N+](=O)[O-])c1. The molecule has 0 saturated heterocycles. The Labute approximate surface area is 130 Å². The van der Waals surface area contributed by atoms with E-state index < -0.39 is 21.2 Å². The van der Waals surface area contributed by atoms with Crippen LogP contribution in [0.3, 0.4) is 0 Å². The third kappa shape index (κ3) is 3.33. The van der Waals surface area contributed by atoms with Gasteiger partial charge in [-0.25, -0.2) is 0 Å². The first-order valence-corrected chi connectivity index (χ1v) is 6.24. The van der Waals surface area contributed by atoms with E-state index in [0.29, 0.717) is 11.4 Å². The summed E-state index contributed by atoms with van der Waals surface area (Å²) in [5, 5.41) is 33.9. The van der Waals surface area contributed by atoms with Gasteiger partial charge in [0, 0.05) is 23.9 Å². The minimum atomic E-state index is -0.781. The number of nitro groups is 2. The van der Waals surface area contributed by atoms with E-state index >= 15 is 0 Å². The van der Waals surface area contributed by atoms with Crippen molar-refractivity contribution in [1.82, 2.24) is 0 Å². The first-order valence-electron chi connectivity index (χ1n) is 6.24. The Bertz CT molecular complexity index is 793. The fourth-order valence-corrected chi connectivity index (χ4v) is 1.94. The van der Waals surface area contributed by atoms with Crippen molar-refractivity contribution in [3.8, 4) is 11.8 Å². The second-order valence-electron chi connectivity index (χ2n) is 4.37. The molecule has 0 radical (unpaired) electrons. The summed E-state index contributed by atoms with van der Waals surface area (Å²) in [6.07, 6.45) is 0. The van der Waals surface area contributed by atoms with Crippen LogP contribution in [0.15, 0.2) is 36.4 Å². The molecule has 2 rings (SSSR count). The summed E-state index contributed by atoms with van der Waals surface area (Å²) < 4.78 is 5.03. The van der Waals surface area contributed by atoms with Crippen molar-refractivity contribution in [2.24, 2.45) is 0 Å². The lowest BCUT2D eigenvalue weighted by Crippen LogP contribution is -2.03. The molecule has 23 heavy (non-hydrogen) atoms. The molecule has 0 aromatic heterocycles. The number of nitrogens with zero attached hydrogens (tertiary/aromatic N) is 3. The highest BCUT2D eigenvalue weighted by atomic mass is 16.6. The molecule has 0 amide bonds. The molecule has 0 saturated carbocycles. The number of hydrogen-bond acceptors (Lipinski definition) is 7. The number of ether oxygens (including phenoxy) is 1. The summed E-state index contributed by atoms with van der Waals surface area (Å²) in [6.45, 7) is 0. The van der Waals surface area contributed by atoms with E-state index in [1.807, 2.05) is 0 Å². The second kappa shape index (κ2) is 6.40. The third-order valence-electron chi connectivity index (χ3n) is 2.96. The molecule has 0 fully saturated rings. The normalized spacial score (nSPS) is 9.74. The van der Waals surface area contributed by atoms with E-state index in [1.165, 1.54) is 13.2 Å². The minimum Gasteiger partial charge on any atom is -0.497 e. The lowest BCUT2D eigenvalue weighted by atomic mass is 10.1. The van der Waals surface area contributed by atoms with Gasteiger partial charge >= 0.3 is 11.4 Å². The van der Waals surface area contributed by atoms with E-state index in [0.717, 1.165) is 12.1 Å². The Hall–Kier alpha value is -3.67. The van der Waals surface area contributed by atoms with Crippen LogP contribution in [0.2, 0.25) is 0 Å². The quantitative estimate of drug-likeness (QED) is 0.662. The molecular weight excluding hydrogens is 304 g/mol. The summed E-state index contributed by atoms with van der Waals surface area (Å²) in [5.41, 5.74) is -1.20. The molecule has 0 unspecified atom stereocenters. The Morgan fingerprint density at radius 1 is 1.13 bits per heavy atom. The Morgan fingerprint density at radius 3 is 2.22 bits per heavy atom. The summed E-state index contributed by atoms with van der Waals surface area (Å²) in [7, 11) is 1.45. The number of nitrogens with one attached hydrogen (secondary N) is 1. The van der Waals surface area contributed by atoms with Crippen LogP contribution in [0.5, 0.6) is 5.75 Å². The van der Waals surface area contributed by atoms with Crippen LogP contribution in [-0.4, -0.2) is 17.0 Å². The van der Waals surface area contributed by atoms with Crippen LogP contribution in [0.25, 0.3) is 0 Å². The van der Waals surface area contributed by atoms with Gasteiger partial charge in [0.2, 0.25) is 0 Å². The van der Waals surface area contributed by atoms with Crippen molar-refractivity contribution in [2.75, 3.05) is 12.4 Å². The van der Waals surface area contributed by atoms with Crippen molar-refractivity contribution < 1.29 is 14.6 Å². The fourth-order valence-electron chi connectivity index (χ4n) is 1.94. The molecule has 9 nitrogen and oxygen atoms in total. The number of anilines is 2. The zero-order valence-electron chi connectivity index (χ0n) is 11.8. The molecule has 2 aromatic carbocycles. The molecule has 0 heterocycles. The summed E-state index contributed by atoms with van der Waals surface area (Å²) in [6, 6.07) is 10.0. The lowest BCUT2D eigenvalue weighted by Gasteiger charge is -2.09. The molecule has 1 N–H and O–H groups in total. The Morgan fingerprint density at radius 2 is 1.74 bits per heavy atom. The van der Waals surface area contributed by atoms with Crippen LogP contribution >= 0.6 is 0 Å². The first kappa shape index (κ1) is 15.7. The minimum absolute atomic E-state index is 0.167. The molecule has 0 aliphatic heterocycles. The summed E-state index contributed by atoms with van der Waals surface area (Å²) in [4.78, 5) is 20.8.